The average molecular weight is 347 g/mol. The topological polar surface area (TPSA) is 63.6 Å². The van der Waals surface area contributed by atoms with Crippen LogP contribution in [0.25, 0.3) is 0 Å². The van der Waals surface area contributed by atoms with Gasteiger partial charge < -0.3 is 14.6 Å². The molecular formula is C19H29N3O3. The fourth-order valence-corrected chi connectivity index (χ4v) is 4.07. The maximum absolute atomic E-state index is 12.3. The number of carbonyl (C=O) groups excluding carboxylic acids is 2. The van der Waals surface area contributed by atoms with Crippen LogP contribution in [0.1, 0.15) is 61.5 Å². The van der Waals surface area contributed by atoms with Crippen LogP contribution in [-0.4, -0.2) is 54.1 Å². The standard InChI is InChI=1S/C19H29N3O3/c1-25-19(24)17-8-5-11-22(17)16-9-12-21(13-10-16)14-18(23)20-15-6-3-2-4-7-15/h5,8,11,15-16H,2-4,6-7,9-10,12-14H2,1H3,(H,20,23). The first-order valence-electron chi connectivity index (χ1n) is 9.44. The van der Waals surface area contributed by atoms with Gasteiger partial charge in [-0.15, -0.1) is 0 Å². The van der Waals surface area contributed by atoms with Crippen LogP contribution in [0, 0.1) is 0 Å². The zero-order chi connectivity index (χ0) is 17.6. The number of likely N-dealkylation sites (tertiary alicyclic amines) is 1. The highest BCUT2D eigenvalue weighted by molar-refractivity contribution is 5.87. The van der Waals surface area contributed by atoms with Crippen molar-refractivity contribution in [1.82, 2.24) is 14.8 Å². The minimum Gasteiger partial charge on any atom is -0.464 e. The van der Waals surface area contributed by atoms with Crippen LogP contribution in [0.15, 0.2) is 18.3 Å². The Hall–Kier alpha value is -1.82. The van der Waals surface area contributed by atoms with Gasteiger partial charge in [0.15, 0.2) is 0 Å². The normalized spacial score (nSPS) is 20.4. The number of piperidine rings is 1. The Morgan fingerprint density at radius 3 is 2.56 bits per heavy atom. The Morgan fingerprint density at radius 1 is 1.16 bits per heavy atom. The Balaban J connectivity index is 1.46. The molecule has 0 unspecified atom stereocenters. The lowest BCUT2D eigenvalue weighted by molar-refractivity contribution is -0.123. The van der Waals surface area contributed by atoms with Crippen molar-refractivity contribution in [1.29, 1.82) is 0 Å². The number of rotatable bonds is 5. The number of nitrogens with zero attached hydrogens (tertiary/aromatic N) is 2. The molecule has 1 aliphatic heterocycles. The van der Waals surface area contributed by atoms with Crippen LogP contribution < -0.4 is 5.32 Å². The molecule has 0 spiro atoms. The van der Waals surface area contributed by atoms with E-state index >= 15 is 0 Å². The molecule has 1 amide bonds. The largest absolute Gasteiger partial charge is 0.464 e. The lowest BCUT2D eigenvalue weighted by atomic mass is 9.95. The predicted molar refractivity (Wildman–Crippen MR) is 95.5 cm³/mol. The number of methoxy groups -OCH3 is 1. The monoisotopic (exact) mass is 347 g/mol. The first-order valence-corrected chi connectivity index (χ1v) is 9.44. The van der Waals surface area contributed by atoms with Gasteiger partial charge in [-0.05, 0) is 37.8 Å². The SMILES string of the molecule is COC(=O)c1cccn1C1CCN(CC(=O)NC2CCCCC2)CC1. The van der Waals surface area contributed by atoms with E-state index in [2.05, 4.69) is 10.2 Å². The summed E-state index contributed by atoms with van der Waals surface area (Å²) in [6.07, 6.45) is 9.83. The summed E-state index contributed by atoms with van der Waals surface area (Å²) in [5, 5.41) is 3.19. The van der Waals surface area contributed by atoms with E-state index in [0.29, 0.717) is 24.3 Å². The van der Waals surface area contributed by atoms with Crippen molar-refractivity contribution in [2.75, 3.05) is 26.7 Å². The van der Waals surface area contributed by atoms with Gasteiger partial charge in [0.1, 0.15) is 5.69 Å². The first kappa shape index (κ1) is 18.0. The zero-order valence-corrected chi connectivity index (χ0v) is 15.1. The second-order valence-electron chi connectivity index (χ2n) is 7.20. The Kier molecular flexibility index (Phi) is 6.13. The van der Waals surface area contributed by atoms with E-state index in [9.17, 15) is 9.59 Å². The summed E-state index contributed by atoms with van der Waals surface area (Å²) in [4.78, 5) is 26.3. The molecule has 2 aliphatic rings. The number of ether oxygens (including phenoxy) is 1. The van der Waals surface area contributed by atoms with Crippen molar-refractivity contribution < 1.29 is 14.3 Å². The maximum atomic E-state index is 12.3. The van der Waals surface area contributed by atoms with Crippen molar-refractivity contribution in [2.24, 2.45) is 0 Å². The van der Waals surface area contributed by atoms with E-state index in [0.717, 1.165) is 38.8 Å². The minimum absolute atomic E-state index is 0.154. The highest BCUT2D eigenvalue weighted by Crippen LogP contribution is 2.25. The van der Waals surface area contributed by atoms with Crippen molar-refractivity contribution in [3.8, 4) is 0 Å². The second kappa shape index (κ2) is 8.52. The number of aromatic nitrogens is 1. The van der Waals surface area contributed by atoms with E-state index in [1.807, 2.05) is 16.8 Å². The summed E-state index contributed by atoms with van der Waals surface area (Å²) in [6, 6.07) is 4.36. The number of amides is 1. The molecule has 25 heavy (non-hydrogen) atoms. The highest BCUT2D eigenvalue weighted by Gasteiger charge is 2.25. The van der Waals surface area contributed by atoms with Gasteiger partial charge in [-0.2, -0.15) is 0 Å². The number of nitrogens with one attached hydrogen (secondary N) is 1. The number of hydrogen-bond acceptors (Lipinski definition) is 4. The molecule has 1 N–H and O–H groups in total. The zero-order valence-electron chi connectivity index (χ0n) is 15.1. The maximum Gasteiger partial charge on any atom is 0.354 e. The van der Waals surface area contributed by atoms with Gasteiger partial charge in [-0.25, -0.2) is 4.79 Å². The highest BCUT2D eigenvalue weighted by atomic mass is 16.5. The molecule has 1 saturated carbocycles. The van der Waals surface area contributed by atoms with Gasteiger partial charge in [0, 0.05) is 31.4 Å². The quantitative estimate of drug-likeness (QED) is 0.831. The summed E-state index contributed by atoms with van der Waals surface area (Å²) < 4.78 is 6.87. The van der Waals surface area contributed by atoms with Crippen LogP contribution in [0.5, 0.6) is 0 Å². The average Bonchev–Trinajstić information content (AvgIpc) is 3.12. The van der Waals surface area contributed by atoms with E-state index in [1.165, 1.54) is 26.4 Å². The molecule has 1 saturated heterocycles. The van der Waals surface area contributed by atoms with Crippen LogP contribution >= 0.6 is 0 Å². The Bertz CT molecular complexity index is 584. The van der Waals surface area contributed by atoms with E-state index in [4.69, 9.17) is 4.74 Å². The smallest absolute Gasteiger partial charge is 0.354 e. The first-order chi connectivity index (χ1) is 12.2. The lowest BCUT2D eigenvalue weighted by Gasteiger charge is -2.33. The molecule has 1 aliphatic carbocycles. The minimum atomic E-state index is -0.292. The van der Waals surface area contributed by atoms with E-state index in [1.54, 1.807) is 6.07 Å². The molecule has 6 heteroatoms. The Morgan fingerprint density at radius 2 is 1.88 bits per heavy atom. The van der Waals surface area contributed by atoms with Crippen LogP contribution in [0.4, 0.5) is 0 Å². The molecular weight excluding hydrogens is 318 g/mol. The molecule has 0 atom stereocenters. The van der Waals surface area contributed by atoms with Crippen molar-refractivity contribution in [3.63, 3.8) is 0 Å². The van der Waals surface area contributed by atoms with Crippen molar-refractivity contribution >= 4 is 11.9 Å². The lowest BCUT2D eigenvalue weighted by Crippen LogP contribution is -2.45. The predicted octanol–water partition coefficient (Wildman–Crippen LogP) is 2.36. The van der Waals surface area contributed by atoms with Gasteiger partial charge in [0.25, 0.3) is 0 Å². The molecule has 3 rings (SSSR count). The molecule has 0 bridgehead atoms. The van der Waals surface area contributed by atoms with Gasteiger partial charge in [0.2, 0.25) is 5.91 Å². The van der Waals surface area contributed by atoms with Gasteiger partial charge >= 0.3 is 5.97 Å². The molecule has 0 aromatic carbocycles. The van der Waals surface area contributed by atoms with Gasteiger partial charge in [0.05, 0.1) is 13.7 Å². The summed E-state index contributed by atoms with van der Waals surface area (Å²) >= 11 is 0. The van der Waals surface area contributed by atoms with Crippen LogP contribution in [-0.2, 0) is 9.53 Å². The summed E-state index contributed by atoms with van der Waals surface area (Å²) in [6.45, 7) is 2.24. The molecule has 6 nitrogen and oxygen atoms in total. The number of carbonyl (C=O) groups is 2. The molecule has 1 aromatic heterocycles. The van der Waals surface area contributed by atoms with E-state index in [-0.39, 0.29) is 11.9 Å². The molecule has 138 valence electrons. The third-order valence-electron chi connectivity index (χ3n) is 5.46. The molecule has 0 radical (unpaired) electrons. The second-order valence-corrected chi connectivity index (χ2v) is 7.20. The summed E-state index contributed by atoms with van der Waals surface area (Å²) in [5.74, 6) is -0.138. The molecule has 2 fully saturated rings. The Labute approximate surface area is 149 Å². The molecule has 2 heterocycles. The fraction of sp³-hybridized carbons (Fsp3) is 0.684. The third kappa shape index (κ3) is 4.63. The third-order valence-corrected chi connectivity index (χ3v) is 5.46. The van der Waals surface area contributed by atoms with Gasteiger partial charge in [-0.3, -0.25) is 9.69 Å². The van der Waals surface area contributed by atoms with E-state index < -0.39 is 0 Å². The van der Waals surface area contributed by atoms with Crippen LogP contribution in [0.3, 0.4) is 0 Å². The van der Waals surface area contributed by atoms with Crippen molar-refractivity contribution in [3.05, 3.63) is 24.0 Å². The summed E-state index contributed by atoms with van der Waals surface area (Å²) in [7, 11) is 1.41. The van der Waals surface area contributed by atoms with Crippen molar-refractivity contribution in [2.45, 2.75) is 57.0 Å². The van der Waals surface area contributed by atoms with Gasteiger partial charge in [-0.1, -0.05) is 19.3 Å². The number of hydrogen-bond donors (Lipinski definition) is 1. The number of esters is 1. The fourth-order valence-electron chi connectivity index (χ4n) is 4.07. The summed E-state index contributed by atoms with van der Waals surface area (Å²) in [5.41, 5.74) is 0.607. The molecule has 1 aromatic rings. The van der Waals surface area contributed by atoms with Crippen LogP contribution in [0.2, 0.25) is 0 Å².